The van der Waals surface area contributed by atoms with Gasteiger partial charge < -0.3 is 20.7 Å². The van der Waals surface area contributed by atoms with Crippen molar-refractivity contribution in [2.75, 3.05) is 44.5 Å². The fourth-order valence-electron chi connectivity index (χ4n) is 1.23. The van der Waals surface area contributed by atoms with Crippen LogP contribution in [0.5, 0.6) is 5.88 Å². The first-order valence-electron chi connectivity index (χ1n) is 5.37. The van der Waals surface area contributed by atoms with Gasteiger partial charge in [0.1, 0.15) is 0 Å². The highest BCUT2D eigenvalue weighted by Crippen LogP contribution is 2.25. The lowest BCUT2D eigenvalue weighted by atomic mass is 10.3. The lowest BCUT2D eigenvalue weighted by Crippen LogP contribution is -2.11. The maximum atomic E-state index is 5.53. The summed E-state index contributed by atoms with van der Waals surface area (Å²) in [5, 5.41) is 3.07. The summed E-state index contributed by atoms with van der Waals surface area (Å²) in [5.74, 6) is 0.626. The van der Waals surface area contributed by atoms with Gasteiger partial charge in [0.2, 0.25) is 5.88 Å². The van der Waals surface area contributed by atoms with Crippen molar-refractivity contribution in [1.29, 1.82) is 0 Å². The summed E-state index contributed by atoms with van der Waals surface area (Å²) < 4.78 is 5.53. The molecule has 1 rings (SSSR count). The van der Waals surface area contributed by atoms with Crippen LogP contribution in [-0.2, 0) is 0 Å². The van der Waals surface area contributed by atoms with E-state index in [0.717, 1.165) is 17.8 Å². The Morgan fingerprint density at radius 2 is 2.25 bits per heavy atom. The second-order valence-corrected chi connectivity index (χ2v) is 3.68. The first kappa shape index (κ1) is 12.6. The normalized spacial score (nSPS) is 10.0. The molecule has 1 aromatic rings. The third-order valence-electron chi connectivity index (χ3n) is 2.21. The number of pyridine rings is 1. The van der Waals surface area contributed by atoms with E-state index in [1.165, 1.54) is 0 Å². The Hall–Kier alpha value is -1.49. The fourth-order valence-corrected chi connectivity index (χ4v) is 1.23. The molecular weight excluding hydrogens is 204 g/mol. The van der Waals surface area contributed by atoms with Gasteiger partial charge in [0, 0.05) is 21.1 Å². The van der Waals surface area contributed by atoms with Gasteiger partial charge in [-0.1, -0.05) is 0 Å². The van der Waals surface area contributed by atoms with Crippen LogP contribution in [0.3, 0.4) is 0 Å². The molecule has 16 heavy (non-hydrogen) atoms. The van der Waals surface area contributed by atoms with Gasteiger partial charge in [0.15, 0.2) is 0 Å². The Morgan fingerprint density at radius 3 is 2.81 bits per heavy atom. The van der Waals surface area contributed by atoms with Gasteiger partial charge in [-0.25, -0.2) is 4.98 Å². The average Bonchev–Trinajstić information content (AvgIpc) is 2.29. The van der Waals surface area contributed by atoms with E-state index < -0.39 is 0 Å². The number of nitrogens with one attached hydrogen (secondary N) is 1. The van der Waals surface area contributed by atoms with E-state index in [-0.39, 0.29) is 0 Å². The molecule has 0 spiro atoms. The summed E-state index contributed by atoms with van der Waals surface area (Å²) in [5.41, 5.74) is 7.33. The average molecular weight is 224 g/mol. The molecule has 5 nitrogen and oxygen atoms in total. The van der Waals surface area contributed by atoms with Gasteiger partial charge in [0.05, 0.1) is 24.2 Å². The van der Waals surface area contributed by atoms with Gasteiger partial charge in [-0.05, 0) is 19.0 Å². The molecule has 1 aromatic heterocycles. The highest BCUT2D eigenvalue weighted by atomic mass is 16.5. The number of aromatic nitrogens is 1. The summed E-state index contributed by atoms with van der Waals surface area (Å²) in [4.78, 5) is 6.27. The zero-order valence-corrected chi connectivity index (χ0v) is 10.2. The molecule has 0 unspecified atom stereocenters. The van der Waals surface area contributed by atoms with E-state index in [1.54, 1.807) is 6.20 Å². The van der Waals surface area contributed by atoms with Gasteiger partial charge in [0.25, 0.3) is 0 Å². The summed E-state index contributed by atoms with van der Waals surface area (Å²) in [6.07, 6.45) is 2.62. The Morgan fingerprint density at radius 1 is 1.50 bits per heavy atom. The zero-order chi connectivity index (χ0) is 12.0. The van der Waals surface area contributed by atoms with Gasteiger partial charge in [-0.2, -0.15) is 0 Å². The molecule has 0 saturated heterocycles. The van der Waals surface area contributed by atoms with Crippen molar-refractivity contribution in [1.82, 2.24) is 4.98 Å². The highest BCUT2D eigenvalue weighted by Gasteiger charge is 2.06. The third kappa shape index (κ3) is 3.27. The van der Waals surface area contributed by atoms with E-state index in [4.69, 9.17) is 10.5 Å². The maximum absolute atomic E-state index is 5.53. The van der Waals surface area contributed by atoms with Crippen LogP contribution in [0.2, 0.25) is 0 Å². The van der Waals surface area contributed by atoms with E-state index >= 15 is 0 Å². The molecule has 1 heterocycles. The van der Waals surface area contributed by atoms with Crippen LogP contribution in [0.1, 0.15) is 6.42 Å². The standard InChI is InChI=1S/C11H20N4O/c1-13-10-7-9(15(2)3)8-14-11(10)16-6-4-5-12/h7-8,13H,4-6,12H2,1-3H3. The Labute approximate surface area is 96.6 Å². The Bertz CT molecular complexity index is 328. The maximum Gasteiger partial charge on any atom is 0.237 e. The summed E-state index contributed by atoms with van der Waals surface area (Å²) in [7, 11) is 5.81. The molecule has 0 radical (unpaired) electrons. The molecule has 0 amide bonds. The van der Waals surface area contributed by atoms with E-state index in [9.17, 15) is 0 Å². The highest BCUT2D eigenvalue weighted by molar-refractivity contribution is 5.61. The van der Waals surface area contributed by atoms with Crippen molar-refractivity contribution < 1.29 is 4.74 Å². The summed E-state index contributed by atoms with van der Waals surface area (Å²) >= 11 is 0. The van der Waals surface area contributed by atoms with Crippen molar-refractivity contribution in [3.05, 3.63) is 12.3 Å². The molecule has 0 atom stereocenters. The first-order valence-corrected chi connectivity index (χ1v) is 5.37. The van der Waals surface area contributed by atoms with Crippen molar-refractivity contribution in [3.8, 4) is 5.88 Å². The zero-order valence-electron chi connectivity index (χ0n) is 10.2. The minimum atomic E-state index is 0.597. The number of nitrogens with zero attached hydrogens (tertiary/aromatic N) is 2. The quantitative estimate of drug-likeness (QED) is 0.703. The van der Waals surface area contributed by atoms with Crippen LogP contribution in [-0.4, -0.2) is 39.3 Å². The Kier molecular flexibility index (Phi) is 4.85. The third-order valence-corrected chi connectivity index (χ3v) is 2.21. The summed E-state index contributed by atoms with van der Waals surface area (Å²) in [6.45, 7) is 1.23. The molecule has 0 aliphatic rings. The van der Waals surface area contributed by atoms with Crippen LogP contribution < -0.4 is 20.7 Å². The smallest absolute Gasteiger partial charge is 0.237 e. The lowest BCUT2D eigenvalue weighted by Gasteiger charge is -2.15. The molecule has 0 fully saturated rings. The molecule has 0 bridgehead atoms. The van der Waals surface area contributed by atoms with E-state index in [2.05, 4.69) is 10.3 Å². The molecule has 0 saturated carbocycles. The predicted octanol–water partition coefficient (Wildman–Crippen LogP) is 0.917. The van der Waals surface area contributed by atoms with Crippen LogP contribution in [0.15, 0.2) is 12.3 Å². The topological polar surface area (TPSA) is 63.4 Å². The van der Waals surface area contributed by atoms with Crippen LogP contribution in [0.25, 0.3) is 0 Å². The molecule has 0 aromatic carbocycles. The SMILES string of the molecule is CNc1cc(N(C)C)cnc1OCCCN. The number of hydrogen-bond acceptors (Lipinski definition) is 5. The number of ether oxygens (including phenoxy) is 1. The minimum absolute atomic E-state index is 0.597. The largest absolute Gasteiger partial charge is 0.476 e. The van der Waals surface area contributed by atoms with Gasteiger partial charge in [-0.3, -0.25) is 0 Å². The van der Waals surface area contributed by atoms with Crippen molar-refractivity contribution in [2.24, 2.45) is 5.73 Å². The van der Waals surface area contributed by atoms with Crippen molar-refractivity contribution in [2.45, 2.75) is 6.42 Å². The number of anilines is 2. The van der Waals surface area contributed by atoms with E-state index in [1.807, 2.05) is 32.1 Å². The monoisotopic (exact) mass is 224 g/mol. The van der Waals surface area contributed by atoms with Crippen molar-refractivity contribution in [3.63, 3.8) is 0 Å². The second-order valence-electron chi connectivity index (χ2n) is 3.68. The molecular formula is C11H20N4O. The first-order chi connectivity index (χ1) is 7.69. The molecule has 0 aliphatic carbocycles. The van der Waals surface area contributed by atoms with Gasteiger partial charge >= 0.3 is 0 Å². The number of nitrogens with two attached hydrogens (primary N) is 1. The second kappa shape index (κ2) is 6.17. The summed E-state index contributed by atoms with van der Waals surface area (Å²) in [6, 6.07) is 2.00. The molecule has 3 N–H and O–H groups in total. The van der Waals surface area contributed by atoms with Gasteiger partial charge in [-0.15, -0.1) is 0 Å². The lowest BCUT2D eigenvalue weighted by molar-refractivity contribution is 0.303. The minimum Gasteiger partial charge on any atom is -0.476 e. The van der Waals surface area contributed by atoms with E-state index in [0.29, 0.717) is 19.0 Å². The van der Waals surface area contributed by atoms with Crippen molar-refractivity contribution >= 4 is 11.4 Å². The Balaban J connectivity index is 2.76. The van der Waals surface area contributed by atoms with Crippen LogP contribution in [0.4, 0.5) is 11.4 Å². The number of rotatable bonds is 6. The number of hydrogen-bond donors (Lipinski definition) is 2. The molecule has 90 valence electrons. The van der Waals surface area contributed by atoms with Crippen LogP contribution in [0, 0.1) is 0 Å². The predicted molar refractivity (Wildman–Crippen MR) is 67.3 cm³/mol. The fraction of sp³-hybridized carbons (Fsp3) is 0.545. The van der Waals surface area contributed by atoms with Crippen LogP contribution >= 0.6 is 0 Å². The molecule has 5 heteroatoms. The molecule has 0 aliphatic heterocycles.